The molecule has 1 fully saturated rings. The predicted molar refractivity (Wildman–Crippen MR) is 76.8 cm³/mol. The van der Waals surface area contributed by atoms with Crippen molar-refractivity contribution in [3.63, 3.8) is 0 Å². The third kappa shape index (κ3) is 4.05. The Morgan fingerprint density at radius 3 is 2.94 bits per heavy atom. The lowest BCUT2D eigenvalue weighted by atomic mass is 10.1. The molecule has 2 N–H and O–H groups in total. The minimum atomic E-state index is 0.519. The highest BCUT2D eigenvalue weighted by molar-refractivity contribution is 7.07. The van der Waals surface area contributed by atoms with Crippen LogP contribution in [0.1, 0.15) is 31.2 Å². The van der Waals surface area contributed by atoms with Gasteiger partial charge in [-0.05, 0) is 54.6 Å². The topological polar surface area (TPSA) is 38.5 Å². The minimum Gasteiger partial charge on any atom is -0.383 e. The molecule has 4 heteroatoms. The fraction of sp³-hybridized carbons (Fsp3) is 0.714. The van der Waals surface area contributed by atoms with Gasteiger partial charge in [-0.1, -0.05) is 0 Å². The molecule has 0 aromatic carbocycles. The summed E-state index contributed by atoms with van der Waals surface area (Å²) in [5, 5.41) is 4.41. The number of hydrogen-bond donors (Lipinski definition) is 1. The molecule has 1 aliphatic carbocycles. The van der Waals surface area contributed by atoms with Gasteiger partial charge in [0.2, 0.25) is 0 Å². The molecule has 0 amide bonds. The number of ether oxygens (including phenoxy) is 1. The molecule has 1 saturated carbocycles. The lowest BCUT2D eigenvalue weighted by Crippen LogP contribution is -2.40. The molecule has 18 heavy (non-hydrogen) atoms. The van der Waals surface area contributed by atoms with Crippen molar-refractivity contribution in [1.82, 2.24) is 4.90 Å². The van der Waals surface area contributed by atoms with Gasteiger partial charge in [-0.3, -0.25) is 4.90 Å². The van der Waals surface area contributed by atoms with E-state index < -0.39 is 0 Å². The molecule has 2 rings (SSSR count). The van der Waals surface area contributed by atoms with Gasteiger partial charge >= 0.3 is 0 Å². The monoisotopic (exact) mass is 268 g/mol. The number of hydrogen-bond acceptors (Lipinski definition) is 4. The Labute approximate surface area is 114 Å². The van der Waals surface area contributed by atoms with Gasteiger partial charge in [-0.15, -0.1) is 0 Å². The van der Waals surface area contributed by atoms with E-state index in [4.69, 9.17) is 10.5 Å². The van der Waals surface area contributed by atoms with Crippen LogP contribution in [0.3, 0.4) is 0 Å². The number of methoxy groups -OCH3 is 1. The lowest BCUT2D eigenvalue weighted by Gasteiger charge is -2.31. The van der Waals surface area contributed by atoms with Crippen LogP contribution in [0, 0.1) is 0 Å². The standard InChI is InChI=1S/C14H24N2OS/c1-17-10-14(3-2-7-15)16(13-4-5-13)9-12-6-8-18-11-12/h6,8,11,13-14H,2-5,7,9-10,15H2,1H3. The molecule has 0 spiro atoms. The summed E-state index contributed by atoms with van der Waals surface area (Å²) in [6.07, 6.45) is 4.91. The maximum Gasteiger partial charge on any atom is 0.0618 e. The zero-order chi connectivity index (χ0) is 12.8. The van der Waals surface area contributed by atoms with Gasteiger partial charge in [-0.25, -0.2) is 0 Å². The van der Waals surface area contributed by atoms with Crippen molar-refractivity contribution in [2.24, 2.45) is 5.73 Å². The van der Waals surface area contributed by atoms with Crippen LogP contribution in [-0.4, -0.2) is 37.2 Å². The Bertz CT molecular complexity index is 325. The Morgan fingerprint density at radius 2 is 2.39 bits per heavy atom. The Kier molecular flexibility index (Phi) is 5.63. The SMILES string of the molecule is COCC(CCCN)N(Cc1ccsc1)C1CC1. The average Bonchev–Trinajstić information content (AvgIpc) is 3.09. The molecule has 1 aliphatic rings. The van der Waals surface area contributed by atoms with Crippen LogP contribution in [-0.2, 0) is 11.3 Å². The van der Waals surface area contributed by atoms with Gasteiger partial charge < -0.3 is 10.5 Å². The second-order valence-corrected chi connectivity index (χ2v) is 5.86. The normalized spacial score (nSPS) is 17.3. The Morgan fingerprint density at radius 1 is 1.56 bits per heavy atom. The molecule has 1 atom stereocenters. The Balaban J connectivity index is 1.96. The van der Waals surface area contributed by atoms with Gasteiger partial charge in [0.25, 0.3) is 0 Å². The quantitative estimate of drug-likeness (QED) is 0.748. The number of nitrogens with two attached hydrogens (primary N) is 1. The van der Waals surface area contributed by atoms with Gasteiger partial charge in [-0.2, -0.15) is 11.3 Å². The molecule has 0 radical (unpaired) electrons. The van der Waals surface area contributed by atoms with Gasteiger partial charge in [0.1, 0.15) is 0 Å². The molecule has 1 heterocycles. The summed E-state index contributed by atoms with van der Waals surface area (Å²) in [5.74, 6) is 0. The van der Waals surface area contributed by atoms with E-state index in [0.29, 0.717) is 6.04 Å². The molecule has 1 aromatic rings. The summed E-state index contributed by atoms with van der Waals surface area (Å²) in [6, 6.07) is 3.51. The summed E-state index contributed by atoms with van der Waals surface area (Å²) in [4.78, 5) is 2.63. The largest absolute Gasteiger partial charge is 0.383 e. The van der Waals surface area contributed by atoms with Crippen LogP contribution >= 0.6 is 11.3 Å². The van der Waals surface area contributed by atoms with Crippen molar-refractivity contribution >= 4 is 11.3 Å². The molecule has 0 bridgehead atoms. The van der Waals surface area contributed by atoms with Crippen LogP contribution in [0.4, 0.5) is 0 Å². The molecular formula is C14H24N2OS. The van der Waals surface area contributed by atoms with E-state index in [0.717, 1.165) is 38.6 Å². The number of nitrogens with zero attached hydrogens (tertiary/aromatic N) is 1. The maximum atomic E-state index is 5.64. The van der Waals surface area contributed by atoms with E-state index in [1.165, 1.54) is 18.4 Å². The first kappa shape index (κ1) is 14.0. The fourth-order valence-electron chi connectivity index (χ4n) is 2.45. The first-order valence-electron chi connectivity index (χ1n) is 6.81. The second kappa shape index (κ2) is 7.24. The zero-order valence-corrected chi connectivity index (χ0v) is 12.0. The zero-order valence-electron chi connectivity index (χ0n) is 11.2. The average molecular weight is 268 g/mol. The van der Waals surface area contributed by atoms with Crippen molar-refractivity contribution in [3.05, 3.63) is 22.4 Å². The van der Waals surface area contributed by atoms with Crippen molar-refractivity contribution in [2.75, 3.05) is 20.3 Å². The van der Waals surface area contributed by atoms with E-state index >= 15 is 0 Å². The van der Waals surface area contributed by atoms with Crippen LogP contribution in [0.25, 0.3) is 0 Å². The molecule has 102 valence electrons. The first-order valence-corrected chi connectivity index (χ1v) is 7.75. The van der Waals surface area contributed by atoms with Crippen LogP contribution < -0.4 is 5.73 Å². The van der Waals surface area contributed by atoms with Crippen molar-refractivity contribution in [2.45, 2.75) is 44.3 Å². The van der Waals surface area contributed by atoms with Crippen LogP contribution in [0.2, 0.25) is 0 Å². The van der Waals surface area contributed by atoms with E-state index in [9.17, 15) is 0 Å². The smallest absolute Gasteiger partial charge is 0.0618 e. The summed E-state index contributed by atoms with van der Waals surface area (Å²) in [6.45, 7) is 2.66. The molecule has 1 aromatic heterocycles. The van der Waals surface area contributed by atoms with Gasteiger partial charge in [0, 0.05) is 25.7 Å². The first-order chi connectivity index (χ1) is 8.85. The van der Waals surface area contributed by atoms with E-state index in [-0.39, 0.29) is 0 Å². The van der Waals surface area contributed by atoms with Crippen LogP contribution in [0.15, 0.2) is 16.8 Å². The number of rotatable bonds is 9. The van der Waals surface area contributed by atoms with Crippen molar-refractivity contribution in [1.29, 1.82) is 0 Å². The van der Waals surface area contributed by atoms with Crippen molar-refractivity contribution < 1.29 is 4.74 Å². The second-order valence-electron chi connectivity index (χ2n) is 5.08. The molecular weight excluding hydrogens is 244 g/mol. The van der Waals surface area contributed by atoms with E-state index in [2.05, 4.69) is 21.7 Å². The summed E-state index contributed by atoms with van der Waals surface area (Å²) >= 11 is 1.78. The molecule has 1 unspecified atom stereocenters. The number of thiophene rings is 1. The van der Waals surface area contributed by atoms with E-state index in [1.807, 2.05) is 0 Å². The summed E-state index contributed by atoms with van der Waals surface area (Å²) in [7, 11) is 1.80. The molecule has 3 nitrogen and oxygen atoms in total. The molecule has 0 saturated heterocycles. The highest BCUT2D eigenvalue weighted by atomic mass is 32.1. The maximum absolute atomic E-state index is 5.64. The fourth-order valence-corrected chi connectivity index (χ4v) is 3.11. The van der Waals surface area contributed by atoms with Crippen LogP contribution in [0.5, 0.6) is 0 Å². The predicted octanol–water partition coefficient (Wildman–Crippen LogP) is 2.47. The third-order valence-corrected chi connectivity index (χ3v) is 4.26. The lowest BCUT2D eigenvalue weighted by molar-refractivity contribution is 0.0736. The van der Waals surface area contributed by atoms with Gasteiger partial charge in [0.15, 0.2) is 0 Å². The summed E-state index contributed by atoms with van der Waals surface area (Å²) < 4.78 is 5.40. The highest BCUT2D eigenvalue weighted by Crippen LogP contribution is 2.31. The Hall–Kier alpha value is -0.420. The van der Waals surface area contributed by atoms with Crippen molar-refractivity contribution in [3.8, 4) is 0 Å². The minimum absolute atomic E-state index is 0.519. The third-order valence-electron chi connectivity index (χ3n) is 3.53. The summed E-state index contributed by atoms with van der Waals surface area (Å²) in [5.41, 5.74) is 7.07. The highest BCUT2D eigenvalue weighted by Gasteiger charge is 2.33. The van der Waals surface area contributed by atoms with Gasteiger partial charge in [0.05, 0.1) is 6.61 Å². The molecule has 0 aliphatic heterocycles. The van der Waals surface area contributed by atoms with E-state index in [1.54, 1.807) is 18.4 Å².